The Morgan fingerprint density at radius 3 is 2.88 bits per heavy atom. The normalized spacial score (nSPS) is 12.0. The molecule has 0 saturated heterocycles. The highest BCUT2D eigenvalue weighted by Crippen LogP contribution is 2.24. The number of hydrogen-bond acceptors (Lipinski definition) is 2. The quantitative estimate of drug-likeness (QED) is 0.847. The van der Waals surface area contributed by atoms with Crippen molar-refractivity contribution in [3.8, 4) is 5.75 Å². The summed E-state index contributed by atoms with van der Waals surface area (Å²) < 4.78 is 5.25. The Balaban J connectivity index is 2.70. The van der Waals surface area contributed by atoms with E-state index in [1.54, 1.807) is 13.2 Å². The Morgan fingerprint density at radius 2 is 2.29 bits per heavy atom. The third-order valence-electron chi connectivity index (χ3n) is 2.30. The second-order valence-corrected chi connectivity index (χ2v) is 4.76. The molecular formula is C12H15BrClNO2. The van der Waals surface area contributed by atoms with Crippen LogP contribution in [0.3, 0.4) is 0 Å². The van der Waals surface area contributed by atoms with Gasteiger partial charge in [-0.15, -0.1) is 0 Å². The van der Waals surface area contributed by atoms with Crippen LogP contribution in [-0.2, 0) is 11.2 Å². The zero-order valence-corrected chi connectivity index (χ0v) is 12.1. The number of carbonyl (C=O) groups excluding carboxylic acids is 1. The molecular weight excluding hydrogens is 305 g/mol. The standard InChI is InChI=1S/C12H15BrClNO2/c1-8(15-12(16)7-13)5-9-3-4-10(14)6-11(9)17-2/h3-4,6,8H,5,7H2,1-2H3,(H,15,16)/t8-/m0/s1. The van der Waals surface area contributed by atoms with Crippen LogP contribution in [0, 0.1) is 0 Å². The minimum absolute atomic E-state index is 0.0227. The number of alkyl halides is 1. The monoisotopic (exact) mass is 319 g/mol. The number of ether oxygens (including phenoxy) is 1. The van der Waals surface area contributed by atoms with Crippen molar-refractivity contribution in [1.29, 1.82) is 0 Å². The molecule has 0 bridgehead atoms. The number of hydrogen-bond donors (Lipinski definition) is 1. The number of nitrogens with one attached hydrogen (secondary N) is 1. The van der Waals surface area contributed by atoms with Gasteiger partial charge in [0, 0.05) is 11.1 Å². The maximum absolute atomic E-state index is 11.2. The summed E-state index contributed by atoms with van der Waals surface area (Å²) in [6, 6.07) is 5.56. The fraction of sp³-hybridized carbons (Fsp3) is 0.417. The van der Waals surface area contributed by atoms with E-state index < -0.39 is 0 Å². The van der Waals surface area contributed by atoms with Crippen molar-refractivity contribution in [3.63, 3.8) is 0 Å². The van der Waals surface area contributed by atoms with Gasteiger partial charge in [0.05, 0.1) is 12.4 Å². The van der Waals surface area contributed by atoms with Crippen molar-refractivity contribution in [2.75, 3.05) is 12.4 Å². The van der Waals surface area contributed by atoms with Gasteiger partial charge >= 0.3 is 0 Å². The highest BCUT2D eigenvalue weighted by molar-refractivity contribution is 9.09. The van der Waals surface area contributed by atoms with E-state index >= 15 is 0 Å². The van der Waals surface area contributed by atoms with Crippen LogP contribution >= 0.6 is 27.5 Å². The summed E-state index contributed by atoms with van der Waals surface area (Å²) in [5.74, 6) is 0.725. The zero-order valence-electron chi connectivity index (χ0n) is 9.80. The maximum atomic E-state index is 11.2. The Morgan fingerprint density at radius 1 is 1.59 bits per heavy atom. The molecule has 1 atom stereocenters. The first kappa shape index (κ1) is 14.3. The van der Waals surface area contributed by atoms with Gasteiger partial charge in [0.1, 0.15) is 5.75 Å². The van der Waals surface area contributed by atoms with Gasteiger partial charge in [-0.05, 0) is 31.0 Å². The summed E-state index contributed by atoms with van der Waals surface area (Å²) in [5, 5.41) is 3.83. The highest BCUT2D eigenvalue weighted by atomic mass is 79.9. The van der Waals surface area contributed by atoms with E-state index in [9.17, 15) is 4.79 Å². The minimum Gasteiger partial charge on any atom is -0.496 e. The molecule has 0 aliphatic carbocycles. The van der Waals surface area contributed by atoms with E-state index in [1.807, 2.05) is 19.1 Å². The van der Waals surface area contributed by atoms with Crippen molar-refractivity contribution < 1.29 is 9.53 Å². The lowest BCUT2D eigenvalue weighted by Crippen LogP contribution is -2.34. The molecule has 1 N–H and O–H groups in total. The van der Waals surface area contributed by atoms with E-state index in [4.69, 9.17) is 16.3 Å². The van der Waals surface area contributed by atoms with Gasteiger partial charge in [-0.2, -0.15) is 0 Å². The smallest absolute Gasteiger partial charge is 0.230 e. The van der Waals surface area contributed by atoms with Crippen LogP contribution in [0.25, 0.3) is 0 Å². The molecule has 0 aliphatic heterocycles. The average Bonchev–Trinajstić information content (AvgIpc) is 2.31. The van der Waals surface area contributed by atoms with Crippen LogP contribution in [0.15, 0.2) is 18.2 Å². The van der Waals surface area contributed by atoms with Crippen LogP contribution in [0.5, 0.6) is 5.75 Å². The number of methoxy groups -OCH3 is 1. The minimum atomic E-state index is -0.0227. The topological polar surface area (TPSA) is 38.3 Å². The third-order valence-corrected chi connectivity index (χ3v) is 3.05. The van der Waals surface area contributed by atoms with Crippen molar-refractivity contribution in [3.05, 3.63) is 28.8 Å². The van der Waals surface area contributed by atoms with Crippen molar-refractivity contribution >= 4 is 33.4 Å². The van der Waals surface area contributed by atoms with Gasteiger partial charge in [0.15, 0.2) is 0 Å². The second kappa shape index (κ2) is 6.87. The zero-order chi connectivity index (χ0) is 12.8. The van der Waals surface area contributed by atoms with Gasteiger partial charge in [-0.25, -0.2) is 0 Å². The molecule has 1 rings (SSSR count). The molecule has 1 aromatic carbocycles. The van der Waals surface area contributed by atoms with Gasteiger partial charge in [-0.3, -0.25) is 4.79 Å². The summed E-state index contributed by atoms with van der Waals surface area (Å²) in [6.45, 7) is 1.95. The molecule has 0 aromatic heterocycles. The van der Waals surface area contributed by atoms with Crippen LogP contribution < -0.4 is 10.1 Å². The SMILES string of the molecule is COc1cc(Cl)ccc1C[C@H](C)NC(=O)CBr. The van der Waals surface area contributed by atoms with E-state index in [-0.39, 0.29) is 11.9 Å². The van der Waals surface area contributed by atoms with E-state index in [0.29, 0.717) is 16.8 Å². The molecule has 17 heavy (non-hydrogen) atoms. The molecule has 5 heteroatoms. The molecule has 0 spiro atoms. The predicted molar refractivity (Wildman–Crippen MR) is 73.1 cm³/mol. The molecule has 0 radical (unpaired) electrons. The van der Waals surface area contributed by atoms with Crippen LogP contribution in [0.1, 0.15) is 12.5 Å². The molecule has 1 aromatic rings. The van der Waals surface area contributed by atoms with Crippen LogP contribution in [0.2, 0.25) is 5.02 Å². The first-order chi connectivity index (χ1) is 8.06. The Bertz CT molecular complexity index is 398. The third kappa shape index (κ3) is 4.56. The molecule has 1 amide bonds. The largest absolute Gasteiger partial charge is 0.496 e. The number of rotatable bonds is 5. The fourth-order valence-corrected chi connectivity index (χ4v) is 1.91. The summed E-state index contributed by atoms with van der Waals surface area (Å²) in [6.07, 6.45) is 0.707. The van der Waals surface area contributed by atoms with E-state index in [0.717, 1.165) is 11.3 Å². The first-order valence-electron chi connectivity index (χ1n) is 5.24. The number of benzene rings is 1. The van der Waals surface area contributed by atoms with Gasteiger partial charge in [-0.1, -0.05) is 33.6 Å². The van der Waals surface area contributed by atoms with Crippen LogP contribution in [-0.4, -0.2) is 24.4 Å². The van der Waals surface area contributed by atoms with Crippen molar-refractivity contribution in [2.24, 2.45) is 0 Å². The first-order valence-corrected chi connectivity index (χ1v) is 6.74. The van der Waals surface area contributed by atoms with Gasteiger partial charge < -0.3 is 10.1 Å². The van der Waals surface area contributed by atoms with Gasteiger partial charge in [0.2, 0.25) is 5.91 Å². The molecule has 0 heterocycles. The van der Waals surface area contributed by atoms with E-state index in [1.165, 1.54) is 0 Å². The number of carbonyl (C=O) groups is 1. The fourth-order valence-electron chi connectivity index (χ4n) is 1.58. The number of halogens is 2. The Hall–Kier alpha value is -0.740. The highest BCUT2D eigenvalue weighted by Gasteiger charge is 2.10. The summed E-state index contributed by atoms with van der Waals surface area (Å²) in [7, 11) is 1.61. The lowest BCUT2D eigenvalue weighted by Gasteiger charge is -2.15. The number of amides is 1. The average molecular weight is 321 g/mol. The molecule has 94 valence electrons. The van der Waals surface area contributed by atoms with E-state index in [2.05, 4.69) is 21.2 Å². The summed E-state index contributed by atoms with van der Waals surface area (Å²) in [4.78, 5) is 11.2. The maximum Gasteiger partial charge on any atom is 0.230 e. The summed E-state index contributed by atoms with van der Waals surface area (Å²) >= 11 is 9.00. The molecule has 0 saturated carbocycles. The van der Waals surface area contributed by atoms with Gasteiger partial charge in [0.25, 0.3) is 0 Å². The molecule has 0 aliphatic rings. The summed E-state index contributed by atoms with van der Waals surface area (Å²) in [5.41, 5.74) is 1.03. The second-order valence-electron chi connectivity index (χ2n) is 3.76. The molecule has 0 fully saturated rings. The lowest BCUT2D eigenvalue weighted by molar-refractivity contribution is -0.119. The van der Waals surface area contributed by atoms with Crippen molar-refractivity contribution in [2.45, 2.75) is 19.4 Å². The molecule has 3 nitrogen and oxygen atoms in total. The van der Waals surface area contributed by atoms with Crippen molar-refractivity contribution in [1.82, 2.24) is 5.32 Å². The Kier molecular flexibility index (Phi) is 5.78. The Labute approximate surface area is 115 Å². The lowest BCUT2D eigenvalue weighted by atomic mass is 10.1. The van der Waals surface area contributed by atoms with Crippen LogP contribution in [0.4, 0.5) is 0 Å². The molecule has 0 unspecified atom stereocenters. The predicted octanol–water partition coefficient (Wildman–Crippen LogP) is 2.79.